The number of thiazole rings is 1. The van der Waals surface area contributed by atoms with Crippen molar-refractivity contribution in [3.05, 3.63) is 29.3 Å². The Morgan fingerprint density at radius 3 is 3.00 bits per heavy atom. The van der Waals surface area contributed by atoms with Crippen molar-refractivity contribution in [3.63, 3.8) is 0 Å². The third-order valence-electron chi connectivity index (χ3n) is 1.85. The summed E-state index contributed by atoms with van der Waals surface area (Å²) < 4.78 is 0. The fraction of sp³-hybridized carbons (Fsp3) is 0.111. The smallest absolute Gasteiger partial charge is 0.309 e. The number of carbonyl (C=O) groups is 2. The molecule has 0 saturated carbocycles. The fourth-order valence-electron chi connectivity index (χ4n) is 1.15. The average molecular weight is 252 g/mol. The van der Waals surface area contributed by atoms with Crippen molar-refractivity contribution >= 4 is 28.3 Å². The lowest BCUT2D eigenvalue weighted by molar-refractivity contribution is -0.136. The zero-order valence-corrected chi connectivity index (χ0v) is 9.32. The number of imidazole rings is 1. The van der Waals surface area contributed by atoms with Crippen LogP contribution in [0.5, 0.6) is 0 Å². The number of carboxylic acid groups (broad SMARTS) is 1. The van der Waals surface area contributed by atoms with E-state index in [9.17, 15) is 9.59 Å². The van der Waals surface area contributed by atoms with Crippen LogP contribution in [0.1, 0.15) is 16.2 Å². The number of rotatable bonds is 4. The highest BCUT2D eigenvalue weighted by Crippen LogP contribution is 2.16. The van der Waals surface area contributed by atoms with Gasteiger partial charge in [0.15, 0.2) is 5.13 Å². The number of hydrogen-bond acceptors (Lipinski definition) is 5. The molecule has 0 unspecified atom stereocenters. The highest BCUT2D eigenvalue weighted by molar-refractivity contribution is 7.14. The van der Waals surface area contributed by atoms with Crippen molar-refractivity contribution in [2.45, 2.75) is 6.42 Å². The summed E-state index contributed by atoms with van der Waals surface area (Å²) in [4.78, 5) is 32.4. The number of hydrogen-bond donors (Lipinski definition) is 3. The van der Waals surface area contributed by atoms with Crippen LogP contribution in [-0.4, -0.2) is 31.9 Å². The number of nitrogens with zero attached hydrogens (tertiary/aromatic N) is 2. The summed E-state index contributed by atoms with van der Waals surface area (Å²) in [6.07, 6.45) is 2.63. The van der Waals surface area contributed by atoms with E-state index in [0.717, 1.165) is 0 Å². The van der Waals surface area contributed by atoms with Crippen molar-refractivity contribution in [3.8, 4) is 0 Å². The number of H-pyrrole nitrogens is 1. The number of carboxylic acids is 1. The van der Waals surface area contributed by atoms with Gasteiger partial charge in [0, 0.05) is 5.38 Å². The third-order valence-corrected chi connectivity index (χ3v) is 2.65. The van der Waals surface area contributed by atoms with Crippen LogP contribution in [0.2, 0.25) is 0 Å². The lowest BCUT2D eigenvalue weighted by atomic mass is 10.3. The molecule has 0 atom stereocenters. The van der Waals surface area contributed by atoms with Crippen molar-refractivity contribution in [2.75, 3.05) is 5.32 Å². The molecule has 0 saturated heterocycles. The highest BCUT2D eigenvalue weighted by atomic mass is 32.1. The van der Waals surface area contributed by atoms with E-state index in [1.807, 2.05) is 0 Å². The summed E-state index contributed by atoms with van der Waals surface area (Å²) in [7, 11) is 0. The van der Waals surface area contributed by atoms with Crippen molar-refractivity contribution in [2.24, 2.45) is 0 Å². The minimum Gasteiger partial charge on any atom is -0.481 e. The third kappa shape index (κ3) is 2.88. The van der Waals surface area contributed by atoms with E-state index in [4.69, 9.17) is 5.11 Å². The number of amides is 1. The first-order valence-electron chi connectivity index (χ1n) is 4.61. The summed E-state index contributed by atoms with van der Waals surface area (Å²) >= 11 is 1.18. The molecule has 0 bridgehead atoms. The highest BCUT2D eigenvalue weighted by Gasteiger charge is 2.11. The van der Waals surface area contributed by atoms with Gasteiger partial charge in [0.05, 0.1) is 24.6 Å². The monoisotopic (exact) mass is 252 g/mol. The SMILES string of the molecule is O=C(O)Cc1csc(NC(=O)c2cnc[nH]2)n1. The Balaban J connectivity index is 2.02. The van der Waals surface area contributed by atoms with Crippen LogP contribution in [0.25, 0.3) is 0 Å². The Kier molecular flexibility index (Phi) is 3.15. The van der Waals surface area contributed by atoms with Gasteiger partial charge in [0.25, 0.3) is 5.91 Å². The summed E-state index contributed by atoms with van der Waals surface area (Å²) in [5.74, 6) is -1.32. The molecule has 8 heteroatoms. The predicted octanol–water partition coefficient (Wildman–Crippen LogP) is 0.746. The van der Waals surface area contributed by atoms with Gasteiger partial charge in [0.2, 0.25) is 0 Å². The summed E-state index contributed by atoms with van der Waals surface area (Å²) in [6.45, 7) is 0. The maximum absolute atomic E-state index is 11.6. The Morgan fingerprint density at radius 1 is 1.53 bits per heavy atom. The molecular formula is C9H8N4O3S. The van der Waals surface area contributed by atoms with E-state index in [1.165, 1.54) is 23.9 Å². The maximum atomic E-state index is 11.6. The summed E-state index contributed by atoms with van der Waals surface area (Å²) in [6, 6.07) is 0. The standard InChI is InChI=1S/C9H8N4O3S/c14-7(15)1-5-3-17-9(12-5)13-8(16)6-2-10-4-11-6/h2-4H,1H2,(H,10,11)(H,14,15)(H,12,13,16). The predicted molar refractivity (Wildman–Crippen MR) is 60.0 cm³/mol. The normalized spacial score (nSPS) is 10.1. The molecule has 0 fully saturated rings. The second-order valence-corrected chi connectivity index (χ2v) is 3.99. The number of nitrogens with one attached hydrogen (secondary N) is 2. The van der Waals surface area contributed by atoms with Gasteiger partial charge in [-0.15, -0.1) is 11.3 Å². The van der Waals surface area contributed by atoms with Crippen LogP contribution in [0, 0.1) is 0 Å². The molecule has 0 aliphatic rings. The quantitative estimate of drug-likeness (QED) is 0.744. The van der Waals surface area contributed by atoms with Crippen LogP contribution in [0.4, 0.5) is 5.13 Å². The Hall–Kier alpha value is -2.22. The first kappa shape index (κ1) is 11.3. The molecule has 7 nitrogen and oxygen atoms in total. The first-order chi connectivity index (χ1) is 8.15. The van der Waals surface area contributed by atoms with Crippen molar-refractivity contribution < 1.29 is 14.7 Å². The van der Waals surface area contributed by atoms with Crippen molar-refractivity contribution in [1.82, 2.24) is 15.0 Å². The molecule has 3 N–H and O–H groups in total. The molecule has 2 aromatic heterocycles. The molecular weight excluding hydrogens is 244 g/mol. The van der Waals surface area contributed by atoms with Crippen molar-refractivity contribution in [1.29, 1.82) is 0 Å². The molecule has 0 aliphatic carbocycles. The Bertz CT molecular complexity index is 534. The van der Waals surface area contributed by atoms with Gasteiger partial charge in [0.1, 0.15) is 5.69 Å². The molecule has 1 amide bonds. The average Bonchev–Trinajstić information content (AvgIpc) is 2.87. The number of aliphatic carboxylic acids is 1. The zero-order valence-electron chi connectivity index (χ0n) is 8.51. The lowest BCUT2D eigenvalue weighted by Gasteiger charge is -1.97. The van der Waals surface area contributed by atoms with Crippen LogP contribution < -0.4 is 5.32 Å². The minimum atomic E-state index is -0.957. The van der Waals surface area contributed by atoms with Gasteiger partial charge in [-0.25, -0.2) is 9.97 Å². The van der Waals surface area contributed by atoms with Gasteiger partial charge >= 0.3 is 5.97 Å². The van der Waals surface area contributed by atoms with E-state index in [1.54, 1.807) is 5.38 Å². The topological polar surface area (TPSA) is 108 Å². The van der Waals surface area contributed by atoms with E-state index in [-0.39, 0.29) is 12.3 Å². The molecule has 17 heavy (non-hydrogen) atoms. The van der Waals surface area contributed by atoms with E-state index >= 15 is 0 Å². The molecule has 0 spiro atoms. The zero-order chi connectivity index (χ0) is 12.3. The van der Waals surface area contributed by atoms with Gasteiger partial charge < -0.3 is 10.1 Å². The van der Waals surface area contributed by atoms with Gasteiger partial charge in [-0.05, 0) is 0 Å². The first-order valence-corrected chi connectivity index (χ1v) is 5.49. The summed E-state index contributed by atoms with van der Waals surface area (Å²) in [5.41, 5.74) is 0.738. The molecule has 0 radical (unpaired) electrons. The van der Waals surface area contributed by atoms with E-state index < -0.39 is 5.97 Å². The second-order valence-electron chi connectivity index (χ2n) is 3.13. The van der Waals surface area contributed by atoms with Crippen LogP contribution in [0.3, 0.4) is 0 Å². The van der Waals surface area contributed by atoms with Gasteiger partial charge in [-0.3, -0.25) is 14.9 Å². The largest absolute Gasteiger partial charge is 0.481 e. The van der Waals surface area contributed by atoms with E-state index in [0.29, 0.717) is 16.5 Å². The van der Waals surface area contributed by atoms with Gasteiger partial charge in [-0.1, -0.05) is 0 Å². The lowest BCUT2D eigenvalue weighted by Crippen LogP contribution is -2.12. The molecule has 88 valence electrons. The van der Waals surface area contributed by atoms with Crippen LogP contribution in [-0.2, 0) is 11.2 Å². The van der Waals surface area contributed by atoms with Crippen LogP contribution in [0.15, 0.2) is 17.9 Å². The number of aromatic nitrogens is 3. The molecule has 2 heterocycles. The van der Waals surface area contributed by atoms with Crippen LogP contribution >= 0.6 is 11.3 Å². The maximum Gasteiger partial charge on any atom is 0.309 e. The number of anilines is 1. The second kappa shape index (κ2) is 4.74. The Morgan fingerprint density at radius 2 is 2.35 bits per heavy atom. The Labute approximate surface area is 99.5 Å². The number of carbonyl (C=O) groups excluding carboxylic acids is 1. The van der Waals surface area contributed by atoms with E-state index in [2.05, 4.69) is 20.3 Å². The summed E-state index contributed by atoms with van der Waals surface area (Å²) in [5, 5.41) is 13.1. The molecule has 2 rings (SSSR count). The molecule has 0 aliphatic heterocycles. The molecule has 2 aromatic rings. The van der Waals surface area contributed by atoms with Gasteiger partial charge in [-0.2, -0.15) is 0 Å². The number of aromatic amines is 1. The fourth-order valence-corrected chi connectivity index (χ4v) is 1.85. The minimum absolute atomic E-state index is 0.156. The molecule has 0 aromatic carbocycles.